The number of morpholine rings is 1. The maximum Gasteiger partial charge on any atom is 0.108 e. The van der Waals surface area contributed by atoms with Crippen molar-refractivity contribution in [2.24, 2.45) is 0 Å². The van der Waals surface area contributed by atoms with Gasteiger partial charge in [-0.1, -0.05) is 0 Å². The van der Waals surface area contributed by atoms with E-state index in [0.717, 1.165) is 32.4 Å². The minimum Gasteiger partial charge on any atom is -0.376 e. The SMILES string of the molecule is CNC1(C#N)CCC(N2CC(C)OCC2C)C1. The first-order valence-corrected chi connectivity index (χ1v) is 6.58. The van der Waals surface area contributed by atoms with Crippen LogP contribution in [0.4, 0.5) is 0 Å². The third kappa shape index (κ3) is 2.47. The lowest BCUT2D eigenvalue weighted by molar-refractivity contribution is -0.0655. The lowest BCUT2D eigenvalue weighted by atomic mass is 9.99. The second kappa shape index (κ2) is 4.93. The molecule has 0 aromatic carbocycles. The van der Waals surface area contributed by atoms with Gasteiger partial charge in [-0.25, -0.2) is 0 Å². The summed E-state index contributed by atoms with van der Waals surface area (Å²) < 4.78 is 5.66. The van der Waals surface area contributed by atoms with Gasteiger partial charge in [-0.05, 0) is 40.2 Å². The van der Waals surface area contributed by atoms with E-state index in [1.807, 2.05) is 7.05 Å². The summed E-state index contributed by atoms with van der Waals surface area (Å²) in [6, 6.07) is 3.46. The zero-order valence-corrected chi connectivity index (χ0v) is 11.1. The summed E-state index contributed by atoms with van der Waals surface area (Å²) in [5.41, 5.74) is -0.300. The van der Waals surface area contributed by atoms with Gasteiger partial charge in [0.15, 0.2) is 0 Å². The number of hydrogen-bond donors (Lipinski definition) is 1. The van der Waals surface area contributed by atoms with Crippen molar-refractivity contribution in [1.29, 1.82) is 5.26 Å². The van der Waals surface area contributed by atoms with E-state index < -0.39 is 0 Å². The Bertz CT molecular complexity index is 314. The van der Waals surface area contributed by atoms with E-state index in [0.29, 0.717) is 18.2 Å². The van der Waals surface area contributed by atoms with Crippen molar-refractivity contribution >= 4 is 0 Å². The summed E-state index contributed by atoms with van der Waals surface area (Å²) >= 11 is 0. The van der Waals surface area contributed by atoms with Gasteiger partial charge in [-0.2, -0.15) is 5.26 Å². The third-order valence-corrected chi connectivity index (χ3v) is 4.31. The maximum absolute atomic E-state index is 9.29. The highest BCUT2D eigenvalue weighted by atomic mass is 16.5. The van der Waals surface area contributed by atoms with Crippen LogP contribution in [0.3, 0.4) is 0 Å². The minimum absolute atomic E-state index is 0.300. The van der Waals surface area contributed by atoms with Crippen LogP contribution in [0.1, 0.15) is 33.1 Å². The van der Waals surface area contributed by atoms with Crippen molar-refractivity contribution in [3.63, 3.8) is 0 Å². The largest absolute Gasteiger partial charge is 0.376 e. The molecule has 0 bridgehead atoms. The summed E-state index contributed by atoms with van der Waals surface area (Å²) in [5.74, 6) is 0. The highest BCUT2D eigenvalue weighted by Gasteiger charge is 2.42. The summed E-state index contributed by atoms with van der Waals surface area (Å²) in [7, 11) is 1.90. The molecule has 0 aromatic heterocycles. The van der Waals surface area contributed by atoms with Gasteiger partial charge in [0, 0.05) is 18.6 Å². The Morgan fingerprint density at radius 2 is 2.24 bits per heavy atom. The topological polar surface area (TPSA) is 48.3 Å². The number of nitriles is 1. The van der Waals surface area contributed by atoms with Gasteiger partial charge in [-0.15, -0.1) is 0 Å². The molecule has 2 aliphatic rings. The number of ether oxygens (including phenoxy) is 1. The average Bonchev–Trinajstić information content (AvgIpc) is 2.77. The Labute approximate surface area is 104 Å². The molecule has 1 aliphatic carbocycles. The molecule has 4 heteroatoms. The fourth-order valence-electron chi connectivity index (χ4n) is 3.12. The predicted molar refractivity (Wildman–Crippen MR) is 66.6 cm³/mol. The van der Waals surface area contributed by atoms with E-state index in [1.54, 1.807) is 0 Å². The second-order valence-electron chi connectivity index (χ2n) is 5.53. The van der Waals surface area contributed by atoms with Crippen molar-refractivity contribution in [2.45, 2.75) is 56.8 Å². The molecule has 4 nitrogen and oxygen atoms in total. The first kappa shape index (κ1) is 12.8. The Kier molecular flexibility index (Phi) is 3.72. The van der Waals surface area contributed by atoms with Crippen molar-refractivity contribution in [3.8, 4) is 6.07 Å². The van der Waals surface area contributed by atoms with Crippen LogP contribution in [0.5, 0.6) is 0 Å². The lowest BCUT2D eigenvalue weighted by Crippen LogP contribution is -2.52. The minimum atomic E-state index is -0.300. The van der Waals surface area contributed by atoms with Crippen LogP contribution >= 0.6 is 0 Å². The molecule has 1 saturated heterocycles. The van der Waals surface area contributed by atoms with Crippen LogP contribution in [0.2, 0.25) is 0 Å². The van der Waals surface area contributed by atoms with Crippen molar-refractivity contribution < 1.29 is 4.74 Å². The van der Waals surface area contributed by atoms with Crippen molar-refractivity contribution in [3.05, 3.63) is 0 Å². The zero-order chi connectivity index (χ0) is 12.5. The summed E-state index contributed by atoms with van der Waals surface area (Å²) in [6.07, 6.45) is 3.34. The normalized spacial score (nSPS) is 43.5. The van der Waals surface area contributed by atoms with E-state index in [9.17, 15) is 5.26 Å². The molecule has 4 atom stereocenters. The standard InChI is InChI=1S/C13H23N3O/c1-10-8-17-11(2)7-16(10)12-4-5-13(6-12,9-14)15-3/h10-12,15H,4-8H2,1-3H3. The molecule has 2 rings (SSSR count). The fourth-order valence-corrected chi connectivity index (χ4v) is 3.12. The molecule has 0 aromatic rings. The van der Waals surface area contributed by atoms with Gasteiger partial charge in [0.05, 0.1) is 18.8 Å². The van der Waals surface area contributed by atoms with Crippen LogP contribution in [-0.4, -0.2) is 48.8 Å². The molecule has 2 fully saturated rings. The van der Waals surface area contributed by atoms with Gasteiger partial charge in [0.1, 0.15) is 5.54 Å². The summed E-state index contributed by atoms with van der Waals surface area (Å²) in [6.45, 7) is 6.16. The first-order valence-electron chi connectivity index (χ1n) is 6.58. The van der Waals surface area contributed by atoms with Crippen molar-refractivity contribution in [1.82, 2.24) is 10.2 Å². The molecule has 1 saturated carbocycles. The summed E-state index contributed by atoms with van der Waals surface area (Å²) in [5, 5.41) is 12.5. The molecule has 17 heavy (non-hydrogen) atoms. The monoisotopic (exact) mass is 237 g/mol. The Balaban J connectivity index is 2.02. The Hall–Kier alpha value is -0.630. The Morgan fingerprint density at radius 1 is 1.47 bits per heavy atom. The molecule has 1 heterocycles. The zero-order valence-electron chi connectivity index (χ0n) is 11.1. The fraction of sp³-hybridized carbons (Fsp3) is 0.923. The van der Waals surface area contributed by atoms with E-state index in [2.05, 4.69) is 30.1 Å². The lowest BCUT2D eigenvalue weighted by Gasteiger charge is -2.41. The molecule has 0 spiro atoms. The van der Waals surface area contributed by atoms with Crippen LogP contribution in [0.25, 0.3) is 0 Å². The number of hydrogen-bond acceptors (Lipinski definition) is 4. The molecule has 1 N–H and O–H groups in total. The van der Waals surface area contributed by atoms with Gasteiger partial charge >= 0.3 is 0 Å². The number of nitrogens with zero attached hydrogens (tertiary/aromatic N) is 2. The van der Waals surface area contributed by atoms with Gasteiger partial charge in [-0.3, -0.25) is 4.90 Å². The van der Waals surface area contributed by atoms with Crippen molar-refractivity contribution in [2.75, 3.05) is 20.2 Å². The molecular formula is C13H23N3O. The smallest absolute Gasteiger partial charge is 0.108 e. The molecule has 96 valence electrons. The average molecular weight is 237 g/mol. The predicted octanol–water partition coefficient (Wildman–Crippen LogP) is 1.13. The van der Waals surface area contributed by atoms with Crippen LogP contribution in [0, 0.1) is 11.3 Å². The second-order valence-corrected chi connectivity index (χ2v) is 5.53. The number of rotatable bonds is 2. The van der Waals surface area contributed by atoms with Gasteiger partial charge < -0.3 is 10.1 Å². The maximum atomic E-state index is 9.29. The molecule has 4 unspecified atom stereocenters. The third-order valence-electron chi connectivity index (χ3n) is 4.31. The van der Waals surface area contributed by atoms with E-state index in [1.165, 1.54) is 0 Å². The Morgan fingerprint density at radius 3 is 2.82 bits per heavy atom. The van der Waals surface area contributed by atoms with Crippen LogP contribution in [-0.2, 0) is 4.74 Å². The molecular weight excluding hydrogens is 214 g/mol. The molecule has 1 aliphatic heterocycles. The highest BCUT2D eigenvalue weighted by molar-refractivity contribution is 5.13. The van der Waals surface area contributed by atoms with E-state index >= 15 is 0 Å². The number of nitrogens with one attached hydrogen (secondary N) is 1. The van der Waals surface area contributed by atoms with Gasteiger partial charge in [0.2, 0.25) is 0 Å². The quantitative estimate of drug-likeness (QED) is 0.782. The first-order chi connectivity index (χ1) is 8.10. The van der Waals surface area contributed by atoms with Gasteiger partial charge in [0.25, 0.3) is 0 Å². The van der Waals surface area contributed by atoms with Crippen LogP contribution in [0.15, 0.2) is 0 Å². The van der Waals surface area contributed by atoms with Crippen LogP contribution < -0.4 is 5.32 Å². The van der Waals surface area contributed by atoms with E-state index in [4.69, 9.17) is 4.74 Å². The summed E-state index contributed by atoms with van der Waals surface area (Å²) in [4.78, 5) is 2.53. The highest BCUT2D eigenvalue weighted by Crippen LogP contribution is 2.34. The molecule has 0 amide bonds. The van der Waals surface area contributed by atoms with E-state index in [-0.39, 0.29) is 5.54 Å². The molecule has 0 radical (unpaired) electrons.